The summed E-state index contributed by atoms with van der Waals surface area (Å²) in [5.74, 6) is -0.353. The van der Waals surface area contributed by atoms with E-state index in [1.54, 1.807) is 6.92 Å². The molecule has 0 aromatic rings. The van der Waals surface area contributed by atoms with E-state index >= 15 is 0 Å². The molecule has 0 unspecified atom stereocenters. The standard InChI is InChI=1S/C6H11NO3/c1-4(7)6(8)10-5-2-9-3-5/h4-5H,2-3,7H2,1H3/t4-/m0/s1. The minimum absolute atomic E-state index is 0.0569. The highest BCUT2D eigenvalue weighted by Crippen LogP contribution is 2.05. The molecule has 0 aromatic carbocycles. The Morgan fingerprint density at radius 3 is 2.70 bits per heavy atom. The quantitative estimate of drug-likeness (QED) is 0.521. The molecule has 0 aliphatic carbocycles. The van der Waals surface area contributed by atoms with Crippen molar-refractivity contribution in [2.24, 2.45) is 5.73 Å². The number of ether oxygens (including phenoxy) is 2. The Hall–Kier alpha value is -0.610. The van der Waals surface area contributed by atoms with Gasteiger partial charge >= 0.3 is 5.97 Å². The van der Waals surface area contributed by atoms with E-state index in [4.69, 9.17) is 15.2 Å². The lowest BCUT2D eigenvalue weighted by Gasteiger charge is -2.26. The second-order valence-electron chi connectivity index (χ2n) is 2.39. The first-order valence-corrected chi connectivity index (χ1v) is 3.24. The van der Waals surface area contributed by atoms with Crippen LogP contribution in [0.3, 0.4) is 0 Å². The molecule has 10 heavy (non-hydrogen) atoms. The first-order valence-electron chi connectivity index (χ1n) is 3.24. The van der Waals surface area contributed by atoms with Crippen LogP contribution in [0.15, 0.2) is 0 Å². The van der Waals surface area contributed by atoms with Gasteiger partial charge < -0.3 is 15.2 Å². The predicted molar refractivity (Wildman–Crippen MR) is 34.3 cm³/mol. The van der Waals surface area contributed by atoms with Gasteiger partial charge in [0.2, 0.25) is 0 Å². The molecule has 0 bridgehead atoms. The number of hydrogen-bond acceptors (Lipinski definition) is 4. The Balaban J connectivity index is 2.17. The van der Waals surface area contributed by atoms with Gasteiger partial charge in [-0.1, -0.05) is 0 Å². The molecular weight excluding hydrogens is 134 g/mol. The lowest BCUT2D eigenvalue weighted by Crippen LogP contribution is -2.41. The highest BCUT2D eigenvalue weighted by atomic mass is 16.6. The van der Waals surface area contributed by atoms with Gasteiger partial charge in [0, 0.05) is 0 Å². The number of nitrogens with two attached hydrogens (primary N) is 1. The number of carbonyl (C=O) groups is 1. The van der Waals surface area contributed by atoms with Crippen LogP contribution in [-0.4, -0.2) is 31.3 Å². The van der Waals surface area contributed by atoms with E-state index in [0.717, 1.165) is 0 Å². The van der Waals surface area contributed by atoms with Crippen molar-refractivity contribution >= 4 is 5.97 Å². The van der Waals surface area contributed by atoms with Crippen LogP contribution in [0.1, 0.15) is 6.92 Å². The highest BCUT2D eigenvalue weighted by molar-refractivity contribution is 5.75. The molecule has 1 aliphatic heterocycles. The smallest absolute Gasteiger partial charge is 0.323 e. The molecule has 1 atom stereocenters. The largest absolute Gasteiger partial charge is 0.456 e. The summed E-state index contributed by atoms with van der Waals surface area (Å²) in [6, 6.07) is -0.527. The summed E-state index contributed by atoms with van der Waals surface area (Å²) >= 11 is 0. The van der Waals surface area contributed by atoms with Crippen molar-refractivity contribution in [1.82, 2.24) is 0 Å². The lowest BCUT2D eigenvalue weighted by molar-refractivity contribution is -0.173. The third-order valence-electron chi connectivity index (χ3n) is 1.26. The summed E-state index contributed by atoms with van der Waals surface area (Å²) in [6.07, 6.45) is -0.0569. The van der Waals surface area contributed by atoms with E-state index in [9.17, 15) is 4.79 Å². The first-order chi connectivity index (χ1) is 4.70. The van der Waals surface area contributed by atoms with Crippen LogP contribution in [0.25, 0.3) is 0 Å². The van der Waals surface area contributed by atoms with E-state index in [2.05, 4.69) is 0 Å². The second kappa shape index (κ2) is 2.98. The zero-order valence-corrected chi connectivity index (χ0v) is 5.87. The fourth-order valence-electron chi connectivity index (χ4n) is 0.554. The fourth-order valence-corrected chi connectivity index (χ4v) is 0.554. The Bertz CT molecular complexity index is 131. The topological polar surface area (TPSA) is 61.6 Å². The molecular formula is C6H11NO3. The van der Waals surface area contributed by atoms with Crippen molar-refractivity contribution in [2.45, 2.75) is 19.1 Å². The zero-order valence-electron chi connectivity index (χ0n) is 5.87. The fraction of sp³-hybridized carbons (Fsp3) is 0.833. The van der Waals surface area contributed by atoms with Gasteiger partial charge in [-0.2, -0.15) is 0 Å². The second-order valence-corrected chi connectivity index (χ2v) is 2.39. The van der Waals surface area contributed by atoms with Crippen LogP contribution >= 0.6 is 0 Å². The molecule has 2 N–H and O–H groups in total. The van der Waals surface area contributed by atoms with Gasteiger partial charge in [-0.3, -0.25) is 4.79 Å². The van der Waals surface area contributed by atoms with Gasteiger partial charge in [-0.25, -0.2) is 0 Å². The SMILES string of the molecule is C[C@H](N)C(=O)OC1COC1. The normalized spacial score (nSPS) is 21.4. The lowest BCUT2D eigenvalue weighted by atomic mass is 10.3. The van der Waals surface area contributed by atoms with Gasteiger partial charge in [0.15, 0.2) is 0 Å². The van der Waals surface area contributed by atoms with Gasteiger partial charge in [-0.05, 0) is 6.92 Å². The number of carbonyl (C=O) groups excluding carboxylic acids is 1. The Labute approximate surface area is 59.3 Å². The van der Waals surface area contributed by atoms with Gasteiger partial charge in [0.25, 0.3) is 0 Å². The maximum Gasteiger partial charge on any atom is 0.323 e. The van der Waals surface area contributed by atoms with Crippen LogP contribution in [0.4, 0.5) is 0 Å². The van der Waals surface area contributed by atoms with Crippen LogP contribution in [0, 0.1) is 0 Å². The molecule has 1 heterocycles. The van der Waals surface area contributed by atoms with Crippen molar-refractivity contribution in [3.8, 4) is 0 Å². The van der Waals surface area contributed by atoms with Crippen LogP contribution < -0.4 is 5.73 Å². The van der Waals surface area contributed by atoms with Crippen molar-refractivity contribution in [3.05, 3.63) is 0 Å². The average molecular weight is 145 g/mol. The summed E-state index contributed by atoms with van der Waals surface area (Å²) in [5.41, 5.74) is 5.25. The molecule has 1 fully saturated rings. The third-order valence-corrected chi connectivity index (χ3v) is 1.26. The summed E-state index contributed by atoms with van der Waals surface area (Å²) < 4.78 is 9.66. The van der Waals surface area contributed by atoms with Crippen LogP contribution in [-0.2, 0) is 14.3 Å². The molecule has 0 spiro atoms. The minimum atomic E-state index is -0.527. The van der Waals surface area contributed by atoms with E-state index in [1.807, 2.05) is 0 Å². The van der Waals surface area contributed by atoms with E-state index in [0.29, 0.717) is 13.2 Å². The number of hydrogen-bond donors (Lipinski definition) is 1. The van der Waals surface area contributed by atoms with E-state index in [1.165, 1.54) is 0 Å². The molecule has 1 saturated heterocycles. The Morgan fingerprint density at radius 2 is 2.40 bits per heavy atom. The summed E-state index contributed by atoms with van der Waals surface area (Å²) in [4.78, 5) is 10.7. The highest BCUT2D eigenvalue weighted by Gasteiger charge is 2.23. The van der Waals surface area contributed by atoms with Gasteiger partial charge in [0.1, 0.15) is 12.1 Å². The van der Waals surface area contributed by atoms with E-state index < -0.39 is 6.04 Å². The summed E-state index contributed by atoms with van der Waals surface area (Å²) in [5, 5.41) is 0. The first kappa shape index (κ1) is 7.50. The van der Waals surface area contributed by atoms with Crippen LogP contribution in [0.2, 0.25) is 0 Å². The maximum atomic E-state index is 10.7. The minimum Gasteiger partial charge on any atom is -0.456 e. The molecule has 4 nitrogen and oxygen atoms in total. The molecule has 1 aliphatic rings. The third kappa shape index (κ3) is 1.68. The monoisotopic (exact) mass is 145 g/mol. The van der Waals surface area contributed by atoms with Crippen molar-refractivity contribution in [1.29, 1.82) is 0 Å². The van der Waals surface area contributed by atoms with Gasteiger partial charge in [-0.15, -0.1) is 0 Å². The van der Waals surface area contributed by atoms with E-state index in [-0.39, 0.29) is 12.1 Å². The zero-order chi connectivity index (χ0) is 7.56. The number of esters is 1. The molecule has 4 heteroatoms. The maximum absolute atomic E-state index is 10.7. The number of rotatable bonds is 2. The molecule has 0 aromatic heterocycles. The molecule has 0 saturated carbocycles. The predicted octanol–water partition coefficient (Wildman–Crippen LogP) is -0.724. The van der Waals surface area contributed by atoms with Gasteiger partial charge in [0.05, 0.1) is 13.2 Å². The Morgan fingerprint density at radius 1 is 1.80 bits per heavy atom. The van der Waals surface area contributed by atoms with Crippen molar-refractivity contribution < 1.29 is 14.3 Å². The summed E-state index contributed by atoms with van der Waals surface area (Å²) in [7, 11) is 0. The van der Waals surface area contributed by atoms with Crippen LogP contribution in [0.5, 0.6) is 0 Å². The Kier molecular flexibility index (Phi) is 2.24. The molecule has 58 valence electrons. The van der Waals surface area contributed by atoms with Crippen molar-refractivity contribution in [3.63, 3.8) is 0 Å². The molecule has 1 rings (SSSR count). The molecule has 0 radical (unpaired) electrons. The average Bonchev–Trinajstić information content (AvgIpc) is 1.77. The van der Waals surface area contributed by atoms with Crippen molar-refractivity contribution in [2.75, 3.05) is 13.2 Å². The summed E-state index contributed by atoms with van der Waals surface area (Å²) in [6.45, 7) is 2.62. The molecule has 0 amide bonds.